The number of ether oxygens (including phenoxy) is 2. The van der Waals surface area contributed by atoms with Gasteiger partial charge in [0.05, 0.1) is 0 Å². The number of hydrogen-bond donors (Lipinski definition) is 2. The Hall–Kier alpha value is -2.24. The Morgan fingerprint density at radius 2 is 1.84 bits per heavy atom. The summed E-state index contributed by atoms with van der Waals surface area (Å²) in [5.74, 6) is 0. The SMILES string of the molecule is CC(C)(C)NC(=O)OC1CCCC(NC(=O)OCc2ccccc2)C1. The summed E-state index contributed by atoms with van der Waals surface area (Å²) in [4.78, 5) is 23.8. The van der Waals surface area contributed by atoms with Crippen molar-refractivity contribution in [1.29, 1.82) is 0 Å². The van der Waals surface area contributed by atoms with E-state index < -0.39 is 12.2 Å². The zero-order valence-corrected chi connectivity index (χ0v) is 15.2. The van der Waals surface area contributed by atoms with Crippen molar-refractivity contribution in [2.75, 3.05) is 0 Å². The molecule has 2 unspecified atom stereocenters. The van der Waals surface area contributed by atoms with Crippen LogP contribution in [-0.4, -0.2) is 29.9 Å². The number of nitrogens with one attached hydrogen (secondary N) is 2. The molecule has 1 fully saturated rings. The van der Waals surface area contributed by atoms with Gasteiger partial charge in [-0.2, -0.15) is 0 Å². The van der Waals surface area contributed by atoms with Crippen LogP contribution in [0.5, 0.6) is 0 Å². The number of alkyl carbamates (subject to hydrolysis) is 2. The predicted octanol–water partition coefficient (Wildman–Crippen LogP) is 3.75. The number of carbonyl (C=O) groups excluding carboxylic acids is 2. The van der Waals surface area contributed by atoms with Crippen LogP contribution in [0.1, 0.15) is 52.0 Å². The van der Waals surface area contributed by atoms with E-state index in [4.69, 9.17) is 9.47 Å². The first-order valence-corrected chi connectivity index (χ1v) is 8.78. The molecule has 138 valence electrons. The number of hydrogen-bond acceptors (Lipinski definition) is 4. The summed E-state index contributed by atoms with van der Waals surface area (Å²) in [6.45, 7) is 5.96. The molecule has 6 nitrogen and oxygen atoms in total. The topological polar surface area (TPSA) is 76.7 Å². The second-order valence-electron chi connectivity index (χ2n) is 7.47. The summed E-state index contributed by atoms with van der Waals surface area (Å²) in [5, 5.41) is 5.66. The third-order valence-corrected chi connectivity index (χ3v) is 3.91. The molecule has 2 rings (SSSR count). The molecule has 25 heavy (non-hydrogen) atoms. The largest absolute Gasteiger partial charge is 0.446 e. The van der Waals surface area contributed by atoms with Gasteiger partial charge >= 0.3 is 12.2 Å². The Morgan fingerprint density at radius 3 is 2.52 bits per heavy atom. The summed E-state index contributed by atoms with van der Waals surface area (Å²) >= 11 is 0. The van der Waals surface area contributed by atoms with Crippen LogP contribution in [0.3, 0.4) is 0 Å². The number of amides is 2. The molecule has 0 aromatic heterocycles. The molecule has 1 aliphatic carbocycles. The van der Waals surface area contributed by atoms with E-state index in [1.165, 1.54) is 0 Å². The lowest BCUT2D eigenvalue weighted by atomic mass is 9.93. The number of carbonyl (C=O) groups is 2. The molecule has 1 aliphatic rings. The lowest BCUT2D eigenvalue weighted by Gasteiger charge is -2.30. The van der Waals surface area contributed by atoms with Crippen molar-refractivity contribution in [3.63, 3.8) is 0 Å². The highest BCUT2D eigenvalue weighted by molar-refractivity contribution is 5.68. The van der Waals surface area contributed by atoms with Gasteiger partial charge in [0.2, 0.25) is 0 Å². The van der Waals surface area contributed by atoms with Crippen molar-refractivity contribution in [3.05, 3.63) is 35.9 Å². The Balaban J connectivity index is 1.73. The van der Waals surface area contributed by atoms with Crippen LogP contribution in [0, 0.1) is 0 Å². The van der Waals surface area contributed by atoms with E-state index >= 15 is 0 Å². The van der Waals surface area contributed by atoms with Crippen LogP contribution < -0.4 is 10.6 Å². The van der Waals surface area contributed by atoms with E-state index in [2.05, 4.69) is 10.6 Å². The molecule has 0 bridgehead atoms. The van der Waals surface area contributed by atoms with E-state index in [9.17, 15) is 9.59 Å². The molecule has 2 atom stereocenters. The third kappa shape index (κ3) is 7.45. The predicted molar refractivity (Wildman–Crippen MR) is 95.2 cm³/mol. The van der Waals surface area contributed by atoms with Gasteiger partial charge < -0.3 is 20.1 Å². The average molecular weight is 348 g/mol. The maximum absolute atomic E-state index is 11.9. The summed E-state index contributed by atoms with van der Waals surface area (Å²) < 4.78 is 10.7. The van der Waals surface area contributed by atoms with Gasteiger partial charge in [-0.25, -0.2) is 9.59 Å². The Kier molecular flexibility index (Phi) is 6.67. The van der Waals surface area contributed by atoms with E-state index in [0.717, 1.165) is 24.8 Å². The second-order valence-corrected chi connectivity index (χ2v) is 7.47. The van der Waals surface area contributed by atoms with Crippen LogP contribution >= 0.6 is 0 Å². The fourth-order valence-corrected chi connectivity index (χ4v) is 2.80. The van der Waals surface area contributed by atoms with E-state index in [0.29, 0.717) is 6.42 Å². The summed E-state index contributed by atoms with van der Waals surface area (Å²) in [7, 11) is 0. The molecule has 2 amide bonds. The lowest BCUT2D eigenvalue weighted by molar-refractivity contribution is 0.0598. The molecule has 0 aliphatic heterocycles. The molecule has 2 N–H and O–H groups in total. The van der Waals surface area contributed by atoms with E-state index in [1.807, 2.05) is 51.1 Å². The first-order valence-electron chi connectivity index (χ1n) is 8.78. The second kappa shape index (κ2) is 8.74. The van der Waals surface area contributed by atoms with Crippen LogP contribution in [-0.2, 0) is 16.1 Å². The minimum atomic E-state index is -0.436. The van der Waals surface area contributed by atoms with Crippen molar-refractivity contribution < 1.29 is 19.1 Å². The maximum atomic E-state index is 11.9. The molecule has 6 heteroatoms. The van der Waals surface area contributed by atoms with Crippen molar-refractivity contribution in [3.8, 4) is 0 Å². The molecular weight excluding hydrogens is 320 g/mol. The van der Waals surface area contributed by atoms with Gasteiger partial charge in [-0.15, -0.1) is 0 Å². The van der Waals surface area contributed by atoms with Gasteiger partial charge in [0, 0.05) is 18.0 Å². The third-order valence-electron chi connectivity index (χ3n) is 3.91. The Morgan fingerprint density at radius 1 is 1.12 bits per heavy atom. The normalized spacial score (nSPS) is 20.4. The highest BCUT2D eigenvalue weighted by Crippen LogP contribution is 2.22. The maximum Gasteiger partial charge on any atom is 0.407 e. The standard InChI is InChI=1S/C19H28N2O4/c1-19(2,3)21-18(23)25-16-11-7-10-15(12-16)20-17(22)24-13-14-8-5-4-6-9-14/h4-6,8-9,15-16H,7,10-13H2,1-3H3,(H,20,22)(H,21,23). The minimum Gasteiger partial charge on any atom is -0.446 e. The molecule has 0 radical (unpaired) electrons. The summed E-state index contributed by atoms with van der Waals surface area (Å²) in [5.41, 5.74) is 0.617. The quantitative estimate of drug-likeness (QED) is 0.869. The molecule has 0 spiro atoms. The zero-order valence-electron chi connectivity index (χ0n) is 15.2. The monoisotopic (exact) mass is 348 g/mol. The van der Waals surface area contributed by atoms with Crippen molar-refractivity contribution in [2.24, 2.45) is 0 Å². The lowest BCUT2D eigenvalue weighted by Crippen LogP contribution is -2.45. The molecule has 1 aromatic carbocycles. The summed E-state index contributed by atoms with van der Waals surface area (Å²) in [6.07, 6.45) is 2.15. The van der Waals surface area contributed by atoms with E-state index in [1.54, 1.807) is 0 Å². The molecular formula is C19H28N2O4. The van der Waals surface area contributed by atoms with Crippen molar-refractivity contribution >= 4 is 12.2 Å². The van der Waals surface area contributed by atoms with Gasteiger partial charge in [0.1, 0.15) is 12.7 Å². The highest BCUT2D eigenvalue weighted by atomic mass is 16.6. The van der Waals surface area contributed by atoms with Gasteiger partial charge in [0.15, 0.2) is 0 Å². The fraction of sp³-hybridized carbons (Fsp3) is 0.579. The van der Waals surface area contributed by atoms with Crippen LogP contribution in [0.15, 0.2) is 30.3 Å². The van der Waals surface area contributed by atoms with Crippen LogP contribution in [0.25, 0.3) is 0 Å². The van der Waals surface area contributed by atoms with Crippen molar-refractivity contribution in [1.82, 2.24) is 10.6 Å². The number of rotatable bonds is 4. The van der Waals surface area contributed by atoms with Gasteiger partial charge in [-0.3, -0.25) is 0 Å². The first-order chi connectivity index (χ1) is 11.8. The van der Waals surface area contributed by atoms with Gasteiger partial charge in [0.25, 0.3) is 0 Å². The average Bonchev–Trinajstić information content (AvgIpc) is 2.52. The van der Waals surface area contributed by atoms with Crippen molar-refractivity contribution in [2.45, 2.75) is 70.7 Å². The Bertz CT molecular complexity index is 569. The molecule has 0 saturated heterocycles. The molecule has 0 heterocycles. The van der Waals surface area contributed by atoms with Crippen LogP contribution in [0.2, 0.25) is 0 Å². The zero-order chi connectivity index (χ0) is 18.3. The highest BCUT2D eigenvalue weighted by Gasteiger charge is 2.27. The smallest absolute Gasteiger partial charge is 0.407 e. The molecule has 1 aromatic rings. The van der Waals surface area contributed by atoms with Crippen LogP contribution in [0.4, 0.5) is 9.59 Å². The number of benzene rings is 1. The van der Waals surface area contributed by atoms with Gasteiger partial charge in [-0.1, -0.05) is 30.3 Å². The van der Waals surface area contributed by atoms with Gasteiger partial charge in [-0.05, 0) is 45.6 Å². The summed E-state index contributed by atoms with van der Waals surface area (Å²) in [6, 6.07) is 9.51. The molecule has 1 saturated carbocycles. The first kappa shape index (κ1) is 19.1. The van der Waals surface area contributed by atoms with E-state index in [-0.39, 0.29) is 24.3 Å². The fourth-order valence-electron chi connectivity index (χ4n) is 2.80. The Labute approximate surface area is 149 Å². The minimum absolute atomic E-state index is 0.0375.